The van der Waals surface area contributed by atoms with Gasteiger partial charge in [-0.05, 0) is 34.8 Å². The summed E-state index contributed by atoms with van der Waals surface area (Å²) in [7, 11) is 1.97. The monoisotopic (exact) mass is 335 g/mol. The Kier molecular flexibility index (Phi) is 4.08. The van der Waals surface area contributed by atoms with Crippen molar-refractivity contribution in [2.24, 2.45) is 7.05 Å². The van der Waals surface area contributed by atoms with Crippen molar-refractivity contribution in [3.8, 4) is 5.75 Å². The maximum absolute atomic E-state index is 6.00. The summed E-state index contributed by atoms with van der Waals surface area (Å²) in [4.78, 5) is 4.11. The first kappa shape index (κ1) is 13.6. The van der Waals surface area contributed by atoms with Gasteiger partial charge in [0.25, 0.3) is 0 Å². The lowest BCUT2D eigenvalue weighted by atomic mass is 10.2. The predicted octanol–water partition coefficient (Wildman–Crippen LogP) is 3.01. The van der Waals surface area contributed by atoms with Crippen molar-refractivity contribution in [2.75, 3.05) is 0 Å². The number of hydrogen-bond acceptors (Lipinski definition) is 3. The van der Waals surface area contributed by atoms with Crippen LogP contribution in [0.2, 0.25) is 0 Å². The molecule has 0 bridgehead atoms. The van der Waals surface area contributed by atoms with Crippen molar-refractivity contribution in [1.82, 2.24) is 14.9 Å². The van der Waals surface area contributed by atoms with Gasteiger partial charge >= 0.3 is 0 Å². The number of aromatic nitrogens is 2. The molecule has 1 fully saturated rings. The lowest BCUT2D eigenvalue weighted by Gasteiger charge is -2.14. The maximum Gasteiger partial charge on any atom is 0.138 e. The number of imidazole rings is 1. The molecule has 1 saturated carbocycles. The van der Waals surface area contributed by atoms with E-state index < -0.39 is 0 Å². The van der Waals surface area contributed by atoms with Gasteiger partial charge in [0.1, 0.15) is 12.4 Å². The summed E-state index contributed by atoms with van der Waals surface area (Å²) < 4.78 is 8.96. The first-order chi connectivity index (χ1) is 9.74. The molecule has 0 radical (unpaired) electrons. The van der Waals surface area contributed by atoms with Gasteiger partial charge in [-0.2, -0.15) is 0 Å². The Hall–Kier alpha value is -1.33. The number of hydrogen-bond donors (Lipinski definition) is 1. The van der Waals surface area contributed by atoms with Crippen LogP contribution in [0, 0.1) is 0 Å². The molecular weight excluding hydrogens is 318 g/mol. The third-order valence-corrected chi connectivity index (χ3v) is 4.11. The molecule has 1 aliphatic carbocycles. The molecule has 1 heterocycles. The van der Waals surface area contributed by atoms with Gasteiger partial charge in [0, 0.05) is 25.2 Å². The van der Waals surface area contributed by atoms with Gasteiger partial charge in [-0.1, -0.05) is 12.1 Å². The highest BCUT2D eigenvalue weighted by Gasteiger charge is 2.21. The largest absolute Gasteiger partial charge is 0.486 e. The molecule has 1 aromatic heterocycles. The van der Waals surface area contributed by atoms with Gasteiger partial charge in [-0.3, -0.25) is 0 Å². The van der Waals surface area contributed by atoms with E-state index in [1.807, 2.05) is 29.9 Å². The fourth-order valence-corrected chi connectivity index (χ4v) is 2.59. The molecule has 0 aliphatic heterocycles. The van der Waals surface area contributed by atoms with E-state index in [0.717, 1.165) is 22.5 Å². The van der Waals surface area contributed by atoms with Crippen molar-refractivity contribution in [2.45, 2.75) is 32.0 Å². The molecule has 0 amide bonds. The highest BCUT2D eigenvalue weighted by atomic mass is 79.9. The van der Waals surface area contributed by atoms with Crippen LogP contribution in [-0.4, -0.2) is 15.6 Å². The average Bonchev–Trinajstić information content (AvgIpc) is 3.18. The Morgan fingerprint density at radius 3 is 3.00 bits per heavy atom. The summed E-state index contributed by atoms with van der Waals surface area (Å²) in [6.45, 7) is 1.38. The fourth-order valence-electron chi connectivity index (χ4n) is 2.07. The Morgan fingerprint density at radius 2 is 2.30 bits per heavy atom. The van der Waals surface area contributed by atoms with Crippen LogP contribution in [0.4, 0.5) is 0 Å². The summed E-state index contributed by atoms with van der Waals surface area (Å²) in [5.41, 5.74) is 2.25. The van der Waals surface area contributed by atoms with Crippen LogP contribution >= 0.6 is 15.9 Å². The lowest BCUT2D eigenvalue weighted by Crippen LogP contribution is -2.16. The lowest BCUT2D eigenvalue weighted by molar-refractivity contribution is 0.291. The van der Waals surface area contributed by atoms with Gasteiger partial charge in [0.05, 0.1) is 22.7 Å². The second kappa shape index (κ2) is 5.97. The Labute approximate surface area is 127 Å². The van der Waals surface area contributed by atoms with Crippen molar-refractivity contribution < 1.29 is 4.74 Å². The number of halogens is 1. The van der Waals surface area contributed by atoms with Gasteiger partial charge in [0.15, 0.2) is 0 Å². The number of para-hydroxylation sites is 1. The zero-order valence-corrected chi connectivity index (χ0v) is 13.1. The average molecular weight is 336 g/mol. The molecule has 1 aliphatic rings. The number of nitrogens with one attached hydrogen (secondary N) is 1. The summed E-state index contributed by atoms with van der Waals surface area (Å²) in [5.74, 6) is 0.918. The SMILES string of the molecule is Cn1cncc1COc1c(Br)cccc1CNC1CC1. The Bertz CT molecular complexity index is 593. The van der Waals surface area contributed by atoms with E-state index in [4.69, 9.17) is 4.74 Å². The summed E-state index contributed by atoms with van der Waals surface area (Å²) >= 11 is 3.58. The van der Waals surface area contributed by atoms with Crippen LogP contribution in [0.1, 0.15) is 24.1 Å². The number of nitrogens with zero attached hydrogens (tertiary/aromatic N) is 2. The van der Waals surface area contributed by atoms with Crippen molar-refractivity contribution >= 4 is 15.9 Å². The van der Waals surface area contributed by atoms with Gasteiger partial charge < -0.3 is 14.6 Å². The molecule has 3 rings (SSSR count). The number of aryl methyl sites for hydroxylation is 1. The Morgan fingerprint density at radius 1 is 1.45 bits per heavy atom. The topological polar surface area (TPSA) is 39.1 Å². The molecule has 0 spiro atoms. The summed E-state index contributed by atoms with van der Waals surface area (Å²) in [6.07, 6.45) is 6.20. The van der Waals surface area contributed by atoms with Crippen molar-refractivity contribution in [3.05, 3.63) is 46.5 Å². The second-order valence-corrected chi connectivity index (χ2v) is 6.02. The molecule has 2 aromatic rings. The predicted molar refractivity (Wildman–Crippen MR) is 81.5 cm³/mol. The molecule has 0 saturated heterocycles. The van der Waals surface area contributed by atoms with E-state index in [-0.39, 0.29) is 0 Å². The van der Waals surface area contributed by atoms with Crippen molar-refractivity contribution in [1.29, 1.82) is 0 Å². The van der Waals surface area contributed by atoms with Gasteiger partial charge in [-0.15, -0.1) is 0 Å². The third-order valence-electron chi connectivity index (χ3n) is 3.49. The molecule has 5 heteroatoms. The number of benzene rings is 1. The highest BCUT2D eigenvalue weighted by Crippen LogP contribution is 2.30. The summed E-state index contributed by atoms with van der Waals surface area (Å²) in [6, 6.07) is 6.86. The summed E-state index contributed by atoms with van der Waals surface area (Å²) in [5, 5.41) is 3.53. The zero-order chi connectivity index (χ0) is 13.9. The second-order valence-electron chi connectivity index (χ2n) is 5.17. The van der Waals surface area contributed by atoms with Crippen LogP contribution in [0.3, 0.4) is 0 Å². The quantitative estimate of drug-likeness (QED) is 0.881. The highest BCUT2D eigenvalue weighted by molar-refractivity contribution is 9.10. The first-order valence-corrected chi connectivity index (χ1v) is 7.62. The van der Waals surface area contributed by atoms with E-state index in [0.29, 0.717) is 12.6 Å². The first-order valence-electron chi connectivity index (χ1n) is 6.83. The minimum Gasteiger partial charge on any atom is -0.486 e. The minimum absolute atomic E-state index is 0.523. The van der Waals surface area contributed by atoms with Crippen LogP contribution in [0.15, 0.2) is 35.2 Å². The van der Waals surface area contributed by atoms with E-state index in [2.05, 4.69) is 32.3 Å². The molecule has 20 heavy (non-hydrogen) atoms. The molecule has 4 nitrogen and oxygen atoms in total. The molecular formula is C15H18BrN3O. The smallest absolute Gasteiger partial charge is 0.138 e. The van der Waals surface area contributed by atoms with Gasteiger partial charge in [0.2, 0.25) is 0 Å². The van der Waals surface area contributed by atoms with Crippen LogP contribution in [0.5, 0.6) is 5.75 Å². The van der Waals surface area contributed by atoms with E-state index >= 15 is 0 Å². The third kappa shape index (κ3) is 3.22. The van der Waals surface area contributed by atoms with E-state index in [9.17, 15) is 0 Å². The molecule has 1 aromatic carbocycles. The molecule has 106 valence electrons. The minimum atomic E-state index is 0.523. The molecule has 0 unspecified atom stereocenters. The van der Waals surface area contributed by atoms with Crippen LogP contribution < -0.4 is 10.1 Å². The molecule has 0 atom stereocenters. The standard InChI is InChI=1S/C15H18BrN3O/c1-19-10-17-8-13(19)9-20-15-11(3-2-4-14(15)16)7-18-12-5-6-12/h2-4,8,10,12,18H,5-7,9H2,1H3. The van der Waals surface area contributed by atoms with Crippen LogP contribution in [-0.2, 0) is 20.2 Å². The Balaban J connectivity index is 1.71. The number of ether oxygens (including phenoxy) is 1. The van der Waals surface area contributed by atoms with Crippen LogP contribution in [0.25, 0.3) is 0 Å². The molecule has 1 N–H and O–H groups in total. The number of rotatable bonds is 6. The zero-order valence-electron chi connectivity index (χ0n) is 11.5. The van der Waals surface area contributed by atoms with Gasteiger partial charge in [-0.25, -0.2) is 4.98 Å². The van der Waals surface area contributed by atoms with E-state index in [1.54, 1.807) is 6.33 Å². The maximum atomic E-state index is 6.00. The van der Waals surface area contributed by atoms with Crippen molar-refractivity contribution in [3.63, 3.8) is 0 Å². The van der Waals surface area contributed by atoms with E-state index in [1.165, 1.54) is 18.4 Å². The fraction of sp³-hybridized carbons (Fsp3) is 0.400. The normalized spacial score (nSPS) is 14.5.